The Morgan fingerprint density at radius 3 is 2.86 bits per heavy atom. The van der Waals surface area contributed by atoms with Crippen LogP contribution in [0.15, 0.2) is 5.38 Å². The molecule has 3 nitrogen and oxygen atoms in total. The van der Waals surface area contributed by atoms with Gasteiger partial charge < -0.3 is 10.5 Å². The first-order valence-electron chi connectivity index (χ1n) is 4.91. The van der Waals surface area contributed by atoms with Crippen molar-refractivity contribution in [2.24, 2.45) is 5.73 Å². The number of thiazole rings is 1. The van der Waals surface area contributed by atoms with Crippen LogP contribution in [0.5, 0.6) is 0 Å². The zero-order chi connectivity index (χ0) is 10.6. The number of hydrogen-bond acceptors (Lipinski definition) is 4. The van der Waals surface area contributed by atoms with Crippen LogP contribution in [0.2, 0.25) is 0 Å². The summed E-state index contributed by atoms with van der Waals surface area (Å²) >= 11 is 1.65. The molecule has 14 heavy (non-hydrogen) atoms. The third-order valence-corrected chi connectivity index (χ3v) is 3.46. The second-order valence-corrected chi connectivity index (χ2v) is 4.22. The topological polar surface area (TPSA) is 48.1 Å². The van der Waals surface area contributed by atoms with Crippen LogP contribution in [-0.2, 0) is 4.74 Å². The molecule has 0 aliphatic carbocycles. The highest BCUT2D eigenvalue weighted by Crippen LogP contribution is 2.25. The van der Waals surface area contributed by atoms with E-state index in [1.165, 1.54) is 0 Å². The van der Waals surface area contributed by atoms with E-state index in [-0.39, 0.29) is 6.10 Å². The lowest BCUT2D eigenvalue weighted by Gasteiger charge is -2.08. The summed E-state index contributed by atoms with van der Waals surface area (Å²) in [6, 6.07) is 0. The van der Waals surface area contributed by atoms with Crippen LogP contribution in [0.25, 0.3) is 0 Å². The van der Waals surface area contributed by atoms with E-state index in [0.717, 1.165) is 17.1 Å². The van der Waals surface area contributed by atoms with Gasteiger partial charge >= 0.3 is 0 Å². The first kappa shape index (κ1) is 11.6. The molecule has 0 amide bonds. The van der Waals surface area contributed by atoms with Gasteiger partial charge in [-0.25, -0.2) is 4.98 Å². The lowest BCUT2D eigenvalue weighted by molar-refractivity contribution is 0.119. The van der Waals surface area contributed by atoms with Gasteiger partial charge in [0.1, 0.15) is 11.1 Å². The fourth-order valence-corrected chi connectivity index (χ4v) is 2.20. The summed E-state index contributed by atoms with van der Waals surface area (Å²) in [5.74, 6) is 0.393. The van der Waals surface area contributed by atoms with Gasteiger partial charge in [-0.1, -0.05) is 6.92 Å². The van der Waals surface area contributed by atoms with Crippen molar-refractivity contribution in [2.45, 2.75) is 32.3 Å². The molecule has 4 heteroatoms. The number of methoxy groups -OCH3 is 1. The molecule has 0 spiro atoms. The normalized spacial score (nSPS) is 15.4. The van der Waals surface area contributed by atoms with Crippen molar-refractivity contribution in [3.05, 3.63) is 16.1 Å². The second-order valence-electron chi connectivity index (χ2n) is 3.33. The number of hydrogen-bond donors (Lipinski definition) is 1. The zero-order valence-electron chi connectivity index (χ0n) is 8.99. The van der Waals surface area contributed by atoms with Crippen LogP contribution in [0, 0.1) is 0 Å². The molecule has 1 rings (SSSR count). The Morgan fingerprint density at radius 2 is 2.36 bits per heavy atom. The van der Waals surface area contributed by atoms with Crippen LogP contribution in [-0.4, -0.2) is 18.6 Å². The lowest BCUT2D eigenvalue weighted by Crippen LogP contribution is -2.12. The summed E-state index contributed by atoms with van der Waals surface area (Å²) in [6.45, 7) is 4.81. The molecular formula is C10H18N2OS. The summed E-state index contributed by atoms with van der Waals surface area (Å²) in [7, 11) is 1.70. The predicted molar refractivity (Wildman–Crippen MR) is 59.6 cm³/mol. The Hall–Kier alpha value is -0.450. The maximum absolute atomic E-state index is 5.67. The van der Waals surface area contributed by atoms with Gasteiger partial charge in [0.25, 0.3) is 0 Å². The molecule has 0 aliphatic rings. The van der Waals surface area contributed by atoms with Gasteiger partial charge in [0.05, 0.1) is 5.69 Å². The molecule has 1 aromatic heterocycles. The third kappa shape index (κ3) is 2.53. The Kier molecular flexibility index (Phi) is 4.51. The molecule has 0 aliphatic heterocycles. The van der Waals surface area contributed by atoms with E-state index in [1.807, 2.05) is 6.92 Å². The average molecular weight is 214 g/mol. The molecule has 0 bridgehead atoms. The maximum atomic E-state index is 5.67. The Morgan fingerprint density at radius 1 is 1.64 bits per heavy atom. The highest BCUT2D eigenvalue weighted by molar-refractivity contribution is 7.09. The van der Waals surface area contributed by atoms with Crippen LogP contribution in [0.3, 0.4) is 0 Å². The van der Waals surface area contributed by atoms with E-state index >= 15 is 0 Å². The van der Waals surface area contributed by atoms with Crippen molar-refractivity contribution in [2.75, 3.05) is 13.7 Å². The molecule has 0 radical (unpaired) electrons. The minimum atomic E-state index is 0.0871. The first-order chi connectivity index (χ1) is 6.72. The number of aromatic nitrogens is 1. The Labute approximate surface area is 89.3 Å². The summed E-state index contributed by atoms with van der Waals surface area (Å²) in [5.41, 5.74) is 6.78. The standard InChI is InChI=1S/C10H18N2OS/c1-4-8(5-11)9-6-14-10(12-9)7(2)13-3/h6-8H,4-5,11H2,1-3H3. The van der Waals surface area contributed by atoms with Crippen LogP contribution in [0.1, 0.15) is 43.0 Å². The molecule has 1 aromatic rings. The summed E-state index contributed by atoms with van der Waals surface area (Å²) in [5, 5.41) is 3.13. The van der Waals surface area contributed by atoms with Crippen LogP contribution < -0.4 is 5.73 Å². The summed E-state index contributed by atoms with van der Waals surface area (Å²) in [4.78, 5) is 4.54. The molecule has 1 heterocycles. The van der Waals surface area contributed by atoms with Crippen LogP contribution >= 0.6 is 11.3 Å². The van der Waals surface area contributed by atoms with Gasteiger partial charge in [-0.05, 0) is 13.3 Å². The van der Waals surface area contributed by atoms with Crippen molar-refractivity contribution in [1.82, 2.24) is 4.98 Å². The van der Waals surface area contributed by atoms with E-state index in [1.54, 1.807) is 18.4 Å². The minimum Gasteiger partial charge on any atom is -0.375 e. The fourth-order valence-electron chi connectivity index (χ4n) is 1.27. The zero-order valence-corrected chi connectivity index (χ0v) is 9.80. The molecule has 0 saturated heterocycles. The maximum Gasteiger partial charge on any atom is 0.121 e. The van der Waals surface area contributed by atoms with Gasteiger partial charge in [0.2, 0.25) is 0 Å². The average Bonchev–Trinajstić information content (AvgIpc) is 2.68. The van der Waals surface area contributed by atoms with Crippen molar-refractivity contribution >= 4 is 11.3 Å². The van der Waals surface area contributed by atoms with Crippen molar-refractivity contribution in [3.63, 3.8) is 0 Å². The van der Waals surface area contributed by atoms with E-state index in [4.69, 9.17) is 10.5 Å². The molecule has 0 aromatic carbocycles. The van der Waals surface area contributed by atoms with Gasteiger partial charge in [0.15, 0.2) is 0 Å². The highest BCUT2D eigenvalue weighted by Gasteiger charge is 2.14. The largest absolute Gasteiger partial charge is 0.375 e. The SMILES string of the molecule is CCC(CN)c1csc(C(C)OC)n1. The molecule has 2 N–H and O–H groups in total. The van der Waals surface area contributed by atoms with Gasteiger partial charge in [-0.15, -0.1) is 11.3 Å². The van der Waals surface area contributed by atoms with E-state index in [0.29, 0.717) is 12.5 Å². The summed E-state index contributed by atoms with van der Waals surface area (Å²) in [6.07, 6.45) is 1.13. The van der Waals surface area contributed by atoms with E-state index in [2.05, 4.69) is 17.3 Å². The highest BCUT2D eigenvalue weighted by atomic mass is 32.1. The van der Waals surface area contributed by atoms with E-state index in [9.17, 15) is 0 Å². The van der Waals surface area contributed by atoms with Gasteiger partial charge in [-0.2, -0.15) is 0 Å². The monoisotopic (exact) mass is 214 g/mol. The van der Waals surface area contributed by atoms with Crippen molar-refractivity contribution in [3.8, 4) is 0 Å². The fraction of sp³-hybridized carbons (Fsp3) is 0.700. The smallest absolute Gasteiger partial charge is 0.121 e. The van der Waals surface area contributed by atoms with Crippen LogP contribution in [0.4, 0.5) is 0 Å². The number of ether oxygens (including phenoxy) is 1. The minimum absolute atomic E-state index is 0.0871. The molecule has 2 unspecified atom stereocenters. The molecule has 80 valence electrons. The Balaban J connectivity index is 2.76. The number of nitrogens with zero attached hydrogens (tertiary/aromatic N) is 1. The lowest BCUT2D eigenvalue weighted by atomic mass is 10.0. The molecule has 0 saturated carbocycles. The third-order valence-electron chi connectivity index (χ3n) is 2.44. The second kappa shape index (κ2) is 5.44. The van der Waals surface area contributed by atoms with Crippen molar-refractivity contribution < 1.29 is 4.74 Å². The molecule has 0 fully saturated rings. The first-order valence-corrected chi connectivity index (χ1v) is 5.79. The van der Waals surface area contributed by atoms with Gasteiger partial charge in [0, 0.05) is 25.0 Å². The van der Waals surface area contributed by atoms with Gasteiger partial charge in [-0.3, -0.25) is 0 Å². The van der Waals surface area contributed by atoms with Crippen molar-refractivity contribution in [1.29, 1.82) is 0 Å². The molecule has 2 atom stereocenters. The molecular weight excluding hydrogens is 196 g/mol. The predicted octanol–water partition coefficient (Wildman–Crippen LogP) is 2.30. The van der Waals surface area contributed by atoms with E-state index < -0.39 is 0 Å². The summed E-state index contributed by atoms with van der Waals surface area (Å²) < 4.78 is 5.21. The number of nitrogens with two attached hydrogens (primary N) is 1. The number of rotatable bonds is 5. The Bertz CT molecular complexity index is 271. The quantitative estimate of drug-likeness (QED) is 0.818.